The highest BCUT2D eigenvalue weighted by Gasteiger charge is 2.19. The summed E-state index contributed by atoms with van der Waals surface area (Å²) in [4.78, 5) is 0. The number of hydrogen-bond acceptors (Lipinski definition) is 2. The molecule has 1 rings (SSSR count). The second-order valence-corrected chi connectivity index (χ2v) is 4.33. The molecule has 0 spiro atoms. The summed E-state index contributed by atoms with van der Waals surface area (Å²) < 4.78 is 1.93. The van der Waals surface area contributed by atoms with Gasteiger partial charge in [-0.1, -0.05) is 13.0 Å². The maximum absolute atomic E-state index is 4.16. The highest BCUT2D eigenvalue weighted by Crippen LogP contribution is 2.23. The van der Waals surface area contributed by atoms with Crippen LogP contribution >= 0.6 is 0 Å². The van der Waals surface area contributed by atoms with Crippen LogP contribution < -0.4 is 5.32 Å². The van der Waals surface area contributed by atoms with Crippen molar-refractivity contribution in [3.8, 4) is 0 Å². The average molecular weight is 207 g/mol. The van der Waals surface area contributed by atoms with E-state index >= 15 is 0 Å². The average Bonchev–Trinajstić information content (AvgIpc) is 2.62. The van der Waals surface area contributed by atoms with Gasteiger partial charge in [-0.05, 0) is 31.4 Å². The molecule has 1 heterocycles. The van der Waals surface area contributed by atoms with E-state index in [0.29, 0.717) is 0 Å². The van der Waals surface area contributed by atoms with Gasteiger partial charge in [0.2, 0.25) is 0 Å². The van der Waals surface area contributed by atoms with Crippen LogP contribution in [0.3, 0.4) is 0 Å². The molecule has 0 aromatic carbocycles. The Kier molecular flexibility index (Phi) is 4.09. The molecule has 1 atom stereocenters. The summed E-state index contributed by atoms with van der Waals surface area (Å²) in [6, 6.07) is 2.07. The third-order valence-corrected chi connectivity index (χ3v) is 2.95. The second-order valence-electron chi connectivity index (χ2n) is 4.33. The molecule has 0 saturated heterocycles. The number of nitrogens with zero attached hydrogens (tertiary/aromatic N) is 2. The normalized spacial score (nSPS) is 14.9. The summed E-state index contributed by atoms with van der Waals surface area (Å²) in [7, 11) is 3.96. The van der Waals surface area contributed by atoms with E-state index in [1.165, 1.54) is 5.69 Å². The lowest BCUT2D eigenvalue weighted by atomic mass is 9.85. The zero-order chi connectivity index (χ0) is 11.3. The van der Waals surface area contributed by atoms with E-state index < -0.39 is 0 Å². The van der Waals surface area contributed by atoms with Crippen molar-refractivity contribution in [2.24, 2.45) is 12.5 Å². The minimum absolute atomic E-state index is 0.166. The maximum atomic E-state index is 4.16. The first-order valence-electron chi connectivity index (χ1n) is 5.36. The van der Waals surface area contributed by atoms with E-state index in [-0.39, 0.29) is 5.41 Å². The number of hydrogen-bond donors (Lipinski definition) is 1. The molecule has 0 aliphatic carbocycles. The van der Waals surface area contributed by atoms with Crippen LogP contribution in [0.15, 0.2) is 24.9 Å². The zero-order valence-electron chi connectivity index (χ0n) is 9.95. The number of aryl methyl sites for hydroxylation is 2. The Balaban J connectivity index is 2.54. The minimum atomic E-state index is 0.166. The number of aromatic nitrogens is 2. The Morgan fingerprint density at radius 3 is 2.87 bits per heavy atom. The highest BCUT2D eigenvalue weighted by atomic mass is 15.2. The van der Waals surface area contributed by atoms with Gasteiger partial charge in [0.1, 0.15) is 0 Å². The molecule has 0 aliphatic heterocycles. The number of nitrogens with one attached hydrogen (secondary N) is 1. The SMILES string of the molecule is C=CC(C)(CCc1ccnn1C)CNC. The first-order chi connectivity index (χ1) is 7.11. The zero-order valence-corrected chi connectivity index (χ0v) is 9.95. The van der Waals surface area contributed by atoms with Crippen molar-refractivity contribution in [2.45, 2.75) is 19.8 Å². The topological polar surface area (TPSA) is 29.9 Å². The van der Waals surface area contributed by atoms with Crippen LogP contribution in [-0.4, -0.2) is 23.4 Å². The summed E-state index contributed by atoms with van der Waals surface area (Å²) in [5, 5.41) is 7.37. The van der Waals surface area contributed by atoms with Crippen LogP contribution in [0.25, 0.3) is 0 Å². The molecule has 1 N–H and O–H groups in total. The second kappa shape index (κ2) is 5.12. The van der Waals surface area contributed by atoms with Gasteiger partial charge in [0, 0.05) is 25.5 Å². The molecule has 1 unspecified atom stereocenters. The first-order valence-corrected chi connectivity index (χ1v) is 5.36. The van der Waals surface area contributed by atoms with Gasteiger partial charge in [0.05, 0.1) is 0 Å². The van der Waals surface area contributed by atoms with Gasteiger partial charge in [0.15, 0.2) is 0 Å². The molecular formula is C12H21N3. The summed E-state index contributed by atoms with van der Waals surface area (Å²) in [6.45, 7) is 7.11. The van der Waals surface area contributed by atoms with Crippen LogP contribution in [0.1, 0.15) is 19.0 Å². The molecule has 0 bridgehead atoms. The van der Waals surface area contributed by atoms with Gasteiger partial charge < -0.3 is 5.32 Å². The van der Waals surface area contributed by atoms with E-state index in [9.17, 15) is 0 Å². The molecule has 0 fully saturated rings. The molecule has 84 valence electrons. The maximum Gasteiger partial charge on any atom is 0.0492 e. The molecule has 0 saturated carbocycles. The highest BCUT2D eigenvalue weighted by molar-refractivity contribution is 5.03. The Labute approximate surface area is 92.2 Å². The van der Waals surface area contributed by atoms with Crippen LogP contribution in [0.2, 0.25) is 0 Å². The quantitative estimate of drug-likeness (QED) is 0.720. The van der Waals surface area contributed by atoms with Gasteiger partial charge in [-0.25, -0.2) is 0 Å². The smallest absolute Gasteiger partial charge is 0.0492 e. The molecule has 0 radical (unpaired) electrons. The van der Waals surface area contributed by atoms with Crippen LogP contribution in [0.5, 0.6) is 0 Å². The molecule has 3 nitrogen and oxygen atoms in total. The molecule has 1 aromatic heterocycles. The van der Waals surface area contributed by atoms with Crippen LogP contribution in [0.4, 0.5) is 0 Å². The third kappa shape index (κ3) is 3.20. The monoisotopic (exact) mass is 207 g/mol. The summed E-state index contributed by atoms with van der Waals surface area (Å²) in [5.41, 5.74) is 1.44. The summed E-state index contributed by atoms with van der Waals surface area (Å²) in [5.74, 6) is 0. The van der Waals surface area contributed by atoms with Crippen LogP contribution in [-0.2, 0) is 13.5 Å². The predicted molar refractivity (Wildman–Crippen MR) is 63.8 cm³/mol. The van der Waals surface area contributed by atoms with Crippen molar-refractivity contribution in [1.82, 2.24) is 15.1 Å². The van der Waals surface area contributed by atoms with Crippen molar-refractivity contribution >= 4 is 0 Å². The van der Waals surface area contributed by atoms with E-state index in [1.807, 2.05) is 31.1 Å². The predicted octanol–water partition coefficient (Wildman–Crippen LogP) is 1.76. The molecular weight excluding hydrogens is 186 g/mol. The Bertz CT molecular complexity index is 316. The van der Waals surface area contributed by atoms with Crippen molar-refractivity contribution in [1.29, 1.82) is 0 Å². The minimum Gasteiger partial charge on any atom is -0.319 e. The number of rotatable bonds is 6. The summed E-state index contributed by atoms with van der Waals surface area (Å²) in [6.07, 6.45) is 6.02. The summed E-state index contributed by atoms with van der Waals surface area (Å²) >= 11 is 0. The van der Waals surface area contributed by atoms with Crippen molar-refractivity contribution in [2.75, 3.05) is 13.6 Å². The van der Waals surface area contributed by atoms with Gasteiger partial charge in [-0.3, -0.25) is 4.68 Å². The Hall–Kier alpha value is -1.09. The largest absolute Gasteiger partial charge is 0.319 e. The van der Waals surface area contributed by atoms with Gasteiger partial charge in [0.25, 0.3) is 0 Å². The van der Waals surface area contributed by atoms with Crippen molar-refractivity contribution < 1.29 is 0 Å². The Morgan fingerprint density at radius 2 is 2.40 bits per heavy atom. The fourth-order valence-electron chi connectivity index (χ4n) is 1.73. The standard InChI is InChI=1S/C12H21N3/c1-5-12(2,10-13-3)8-6-11-7-9-14-15(11)4/h5,7,9,13H,1,6,8,10H2,2-4H3. The van der Waals surface area contributed by atoms with E-state index in [1.54, 1.807) is 0 Å². The first kappa shape index (κ1) is 12.0. The van der Waals surface area contributed by atoms with Crippen molar-refractivity contribution in [3.05, 3.63) is 30.6 Å². The van der Waals surface area contributed by atoms with Crippen molar-refractivity contribution in [3.63, 3.8) is 0 Å². The lowest BCUT2D eigenvalue weighted by Crippen LogP contribution is -2.28. The lowest BCUT2D eigenvalue weighted by Gasteiger charge is -2.25. The molecule has 0 aliphatic rings. The fourth-order valence-corrected chi connectivity index (χ4v) is 1.73. The lowest BCUT2D eigenvalue weighted by molar-refractivity contribution is 0.373. The molecule has 0 amide bonds. The van der Waals surface area contributed by atoms with Gasteiger partial charge in [-0.2, -0.15) is 5.10 Å². The molecule has 1 aromatic rings. The van der Waals surface area contributed by atoms with E-state index in [0.717, 1.165) is 19.4 Å². The van der Waals surface area contributed by atoms with E-state index in [4.69, 9.17) is 0 Å². The Morgan fingerprint density at radius 1 is 1.67 bits per heavy atom. The third-order valence-electron chi connectivity index (χ3n) is 2.95. The van der Waals surface area contributed by atoms with Crippen LogP contribution in [0, 0.1) is 5.41 Å². The molecule has 3 heteroatoms. The van der Waals surface area contributed by atoms with Gasteiger partial charge >= 0.3 is 0 Å². The molecule has 15 heavy (non-hydrogen) atoms. The fraction of sp³-hybridized carbons (Fsp3) is 0.583. The van der Waals surface area contributed by atoms with E-state index in [2.05, 4.69) is 30.0 Å². The van der Waals surface area contributed by atoms with Gasteiger partial charge in [-0.15, -0.1) is 6.58 Å².